The summed E-state index contributed by atoms with van der Waals surface area (Å²) in [4.78, 5) is 19.1. The van der Waals surface area contributed by atoms with E-state index in [-0.39, 0.29) is 29.6 Å². The van der Waals surface area contributed by atoms with E-state index in [1.165, 1.54) is 19.3 Å². The van der Waals surface area contributed by atoms with Crippen LogP contribution in [0.15, 0.2) is 0 Å². The minimum Gasteiger partial charge on any atom is -0.389 e. The van der Waals surface area contributed by atoms with Crippen LogP contribution in [-0.4, -0.2) is 132 Å². The van der Waals surface area contributed by atoms with Gasteiger partial charge in [0, 0.05) is 84.3 Å². The monoisotopic (exact) mass is 573 g/mol. The number of carbonyl (C=O) groups excluding carboxylic acids is 1. The first-order valence-electron chi connectivity index (χ1n) is 15.3. The Morgan fingerprint density at radius 2 is 1.67 bits per heavy atom. The summed E-state index contributed by atoms with van der Waals surface area (Å²) in [6.07, 6.45) is 4.76. The first-order chi connectivity index (χ1) is 18.8. The van der Waals surface area contributed by atoms with Gasteiger partial charge in [-0.25, -0.2) is 4.39 Å². The third kappa shape index (κ3) is 8.25. The number of carbonyl (C=O) groups is 1. The second-order valence-corrected chi connectivity index (χ2v) is 13.4. The van der Waals surface area contributed by atoms with Gasteiger partial charge >= 0.3 is 0 Å². The van der Waals surface area contributed by atoms with E-state index in [9.17, 15) is 19.4 Å². The molecule has 9 nitrogen and oxygen atoms in total. The van der Waals surface area contributed by atoms with Crippen molar-refractivity contribution in [1.29, 1.82) is 0 Å². The Morgan fingerprint density at radius 1 is 0.974 bits per heavy atom. The molecule has 0 aromatic carbocycles. The largest absolute Gasteiger partial charge is 0.389 e. The maximum atomic E-state index is 14.9. The maximum absolute atomic E-state index is 14.9. The van der Waals surface area contributed by atoms with Gasteiger partial charge in [0.1, 0.15) is 12.5 Å². The molecule has 0 radical (unpaired) electrons. The number of nitrogens with zero attached hydrogens (tertiary/aromatic N) is 3. The van der Waals surface area contributed by atoms with Crippen LogP contribution in [0.3, 0.4) is 0 Å². The Bertz CT molecular complexity index is 769. The van der Waals surface area contributed by atoms with Crippen LogP contribution in [-0.2, 0) is 9.53 Å². The smallest absolute Gasteiger partial charge is 0.222 e. The van der Waals surface area contributed by atoms with Crippen molar-refractivity contribution >= 4 is 17.5 Å². The predicted octanol–water partition coefficient (Wildman–Crippen LogP) is 0.972. The molecular weight excluding hydrogens is 525 g/mol. The van der Waals surface area contributed by atoms with Crippen molar-refractivity contribution < 1.29 is 24.1 Å². The quantitative estimate of drug-likeness (QED) is 0.227. The molecule has 1 saturated carbocycles. The second-order valence-electron chi connectivity index (χ2n) is 12.7. The zero-order chi connectivity index (χ0) is 27.4. The van der Waals surface area contributed by atoms with Crippen molar-refractivity contribution in [3.05, 3.63) is 0 Å². The highest BCUT2D eigenvalue weighted by Crippen LogP contribution is 2.33. The third-order valence-corrected chi connectivity index (χ3v) is 9.96. The fraction of sp³-hybridized carbons (Fsp3) is 0.964. The minimum atomic E-state index is -0.974. The lowest BCUT2D eigenvalue weighted by Gasteiger charge is -2.42. The van der Waals surface area contributed by atoms with Crippen LogP contribution < -0.4 is 10.6 Å². The highest BCUT2D eigenvalue weighted by Gasteiger charge is 2.38. The molecular formula is C28H49ClFN5O4. The van der Waals surface area contributed by atoms with Crippen molar-refractivity contribution in [2.45, 2.75) is 87.5 Å². The maximum Gasteiger partial charge on any atom is 0.222 e. The second kappa shape index (κ2) is 14.1. The van der Waals surface area contributed by atoms with Gasteiger partial charge in [-0.15, -0.1) is 11.6 Å². The van der Waals surface area contributed by atoms with Gasteiger partial charge in [-0.3, -0.25) is 25.2 Å². The van der Waals surface area contributed by atoms with Gasteiger partial charge in [-0.2, -0.15) is 0 Å². The van der Waals surface area contributed by atoms with Crippen molar-refractivity contribution in [3.8, 4) is 0 Å². The number of halogens is 2. The van der Waals surface area contributed by atoms with E-state index < -0.39 is 18.4 Å². The molecule has 224 valence electrons. The summed E-state index contributed by atoms with van der Waals surface area (Å²) in [6, 6.07) is 0. The number of rotatable bonds is 10. The topological polar surface area (TPSA) is 101 Å². The molecule has 1 aliphatic carbocycles. The third-order valence-electron chi connectivity index (χ3n) is 9.65. The average molecular weight is 574 g/mol. The van der Waals surface area contributed by atoms with E-state index >= 15 is 0 Å². The standard InChI is InChI=1S/C28H49ClFN5O4/c29-22-12-31-28(32-13-22)34-7-5-19(6-8-34)2-1-9-39-23-4-3-21(24(30)11-23)10-27(38)35-15-20(16-35)14-33-17-25(36)26(37)18-33/h19-26,28,31-32,36-37H,1-18H2/t21?,22?,23?,24?,25-,26-,28?/m0/s1. The summed E-state index contributed by atoms with van der Waals surface area (Å²) in [6.45, 7) is 7.76. The van der Waals surface area contributed by atoms with Gasteiger partial charge in [-0.1, -0.05) is 0 Å². The van der Waals surface area contributed by atoms with E-state index in [0.717, 1.165) is 51.5 Å². The van der Waals surface area contributed by atoms with Crippen LogP contribution in [0.2, 0.25) is 0 Å². The molecule has 0 bridgehead atoms. The predicted molar refractivity (Wildman–Crippen MR) is 148 cm³/mol. The summed E-state index contributed by atoms with van der Waals surface area (Å²) in [5, 5.41) is 26.5. The van der Waals surface area contributed by atoms with Gasteiger partial charge in [0.05, 0.1) is 23.7 Å². The van der Waals surface area contributed by atoms with Crippen molar-refractivity contribution in [1.82, 2.24) is 25.3 Å². The molecule has 4 N–H and O–H groups in total. The Morgan fingerprint density at radius 3 is 2.33 bits per heavy atom. The van der Waals surface area contributed by atoms with Crippen molar-refractivity contribution in [2.75, 3.05) is 65.5 Å². The van der Waals surface area contributed by atoms with E-state index in [0.29, 0.717) is 58.0 Å². The molecule has 4 aliphatic heterocycles. The Kier molecular flexibility index (Phi) is 10.8. The molecule has 11 heteroatoms. The molecule has 5 fully saturated rings. The lowest BCUT2D eigenvalue weighted by atomic mass is 9.83. The van der Waals surface area contributed by atoms with E-state index in [2.05, 4.69) is 20.4 Å². The molecule has 0 aromatic rings. The summed E-state index contributed by atoms with van der Waals surface area (Å²) in [5.74, 6) is 0.965. The fourth-order valence-corrected chi connectivity index (χ4v) is 7.31. The Labute approximate surface area is 237 Å². The zero-order valence-electron chi connectivity index (χ0n) is 23.2. The molecule has 3 unspecified atom stereocenters. The van der Waals surface area contributed by atoms with Crippen LogP contribution in [0.4, 0.5) is 4.39 Å². The molecule has 5 rings (SSSR count). The molecule has 4 saturated heterocycles. The summed E-state index contributed by atoms with van der Waals surface area (Å²) < 4.78 is 21.0. The summed E-state index contributed by atoms with van der Waals surface area (Å²) in [5.41, 5.74) is 0. The van der Waals surface area contributed by atoms with Gasteiger partial charge in [0.25, 0.3) is 0 Å². The number of likely N-dealkylation sites (tertiary alicyclic amines) is 3. The van der Waals surface area contributed by atoms with Crippen molar-refractivity contribution in [3.63, 3.8) is 0 Å². The van der Waals surface area contributed by atoms with Crippen LogP contribution in [0.5, 0.6) is 0 Å². The Hall–Kier alpha value is -0.590. The highest BCUT2D eigenvalue weighted by molar-refractivity contribution is 6.21. The van der Waals surface area contributed by atoms with Crippen LogP contribution in [0, 0.1) is 17.8 Å². The van der Waals surface area contributed by atoms with Crippen LogP contribution in [0.1, 0.15) is 51.4 Å². The average Bonchev–Trinajstić information content (AvgIpc) is 3.22. The lowest BCUT2D eigenvalue weighted by Crippen LogP contribution is -2.62. The Balaban J connectivity index is 0.898. The SMILES string of the molecule is O=C(CC1CCC(OCCCC2CCN(C3NCC(Cl)CN3)CC2)CC1F)N1CC(CN2C[C@H](O)[C@@H](O)C2)C1. The number of nitrogens with one attached hydrogen (secondary N) is 2. The first kappa shape index (κ1) is 29.9. The molecule has 1 amide bonds. The number of hydrogen-bond donors (Lipinski definition) is 4. The van der Waals surface area contributed by atoms with E-state index in [1.807, 2.05) is 4.90 Å². The van der Waals surface area contributed by atoms with E-state index in [1.54, 1.807) is 0 Å². The van der Waals surface area contributed by atoms with E-state index in [4.69, 9.17) is 16.3 Å². The number of aliphatic hydroxyl groups excluding tert-OH is 2. The van der Waals surface area contributed by atoms with Gasteiger partial charge in [0.2, 0.25) is 5.91 Å². The van der Waals surface area contributed by atoms with Gasteiger partial charge < -0.3 is 19.8 Å². The molecule has 5 atom stereocenters. The van der Waals surface area contributed by atoms with Gasteiger partial charge in [0.15, 0.2) is 0 Å². The fourth-order valence-electron chi connectivity index (χ4n) is 7.13. The highest BCUT2D eigenvalue weighted by atomic mass is 35.5. The molecule has 4 heterocycles. The molecule has 0 spiro atoms. The first-order valence-corrected chi connectivity index (χ1v) is 15.7. The number of alkyl halides is 2. The number of ether oxygens (including phenoxy) is 1. The normalized spacial score (nSPS) is 37.7. The lowest BCUT2D eigenvalue weighted by molar-refractivity contribution is -0.140. The zero-order valence-corrected chi connectivity index (χ0v) is 24.0. The number of amides is 1. The minimum absolute atomic E-state index is 0.0260. The summed E-state index contributed by atoms with van der Waals surface area (Å²) in [7, 11) is 0. The van der Waals surface area contributed by atoms with Crippen molar-refractivity contribution in [2.24, 2.45) is 17.8 Å². The molecule has 39 heavy (non-hydrogen) atoms. The molecule has 5 aliphatic rings. The number of piperidine rings is 1. The number of hydrogen-bond acceptors (Lipinski definition) is 8. The van der Waals surface area contributed by atoms with Crippen LogP contribution in [0.25, 0.3) is 0 Å². The number of β-amino-alcohol motifs (C(OH)–C–C–N with tert-alkyl or cyclic N) is 2. The van der Waals surface area contributed by atoms with Crippen LogP contribution >= 0.6 is 11.6 Å². The number of aliphatic hydroxyl groups is 2. The summed E-state index contributed by atoms with van der Waals surface area (Å²) >= 11 is 6.15. The molecule has 0 aromatic heterocycles. The van der Waals surface area contributed by atoms with Gasteiger partial charge in [-0.05, 0) is 50.4 Å².